The molecule has 1 aromatic heterocycles. The molecule has 1 amide bonds. The van der Waals surface area contributed by atoms with E-state index in [4.69, 9.17) is 17.0 Å². The van der Waals surface area contributed by atoms with Crippen molar-refractivity contribution in [3.63, 3.8) is 0 Å². The number of nitrogens with one attached hydrogen (secondary N) is 3. The van der Waals surface area contributed by atoms with Crippen LogP contribution in [-0.2, 0) is 4.74 Å². The predicted molar refractivity (Wildman–Crippen MR) is 85.5 cm³/mol. The number of rotatable bonds is 3. The van der Waals surface area contributed by atoms with Crippen molar-refractivity contribution in [1.82, 2.24) is 15.5 Å². The number of anilines is 1. The fourth-order valence-electron chi connectivity index (χ4n) is 2.82. The predicted octanol–water partition coefficient (Wildman–Crippen LogP) is 3.21. The zero-order valence-corrected chi connectivity index (χ0v) is 13.3. The third kappa shape index (κ3) is 4.17. The normalized spacial score (nSPS) is 15.5. The number of thiocarbonyl (C=S) groups is 1. The zero-order valence-electron chi connectivity index (χ0n) is 12.5. The van der Waals surface area contributed by atoms with Gasteiger partial charge in [0.05, 0.1) is 6.61 Å². The van der Waals surface area contributed by atoms with Crippen LogP contribution in [0.15, 0.2) is 0 Å². The van der Waals surface area contributed by atoms with Crippen molar-refractivity contribution in [1.29, 1.82) is 0 Å². The van der Waals surface area contributed by atoms with Crippen LogP contribution in [0.4, 0.5) is 10.6 Å². The van der Waals surface area contributed by atoms with Gasteiger partial charge in [0.25, 0.3) is 0 Å². The summed E-state index contributed by atoms with van der Waals surface area (Å²) in [5.41, 5.74) is 2.24. The molecule has 1 heterocycles. The van der Waals surface area contributed by atoms with E-state index < -0.39 is 6.09 Å². The summed E-state index contributed by atoms with van der Waals surface area (Å²) >= 11 is 5.12. The van der Waals surface area contributed by atoms with E-state index >= 15 is 0 Å². The molecule has 2 rings (SSSR count). The highest BCUT2D eigenvalue weighted by atomic mass is 32.1. The van der Waals surface area contributed by atoms with Crippen molar-refractivity contribution in [3.8, 4) is 0 Å². The molecular formula is C14H22N4O2S. The quantitative estimate of drug-likeness (QED) is 0.747. The molecule has 0 aromatic carbocycles. The SMILES string of the molecule is CCOC(=O)NC(=S)Nc1n[nH]c(C)c1C1CCCCC1. The molecule has 1 saturated carbocycles. The van der Waals surface area contributed by atoms with Crippen molar-refractivity contribution < 1.29 is 9.53 Å². The molecule has 1 aromatic rings. The number of ether oxygens (including phenoxy) is 1. The summed E-state index contributed by atoms with van der Waals surface area (Å²) in [7, 11) is 0. The molecule has 21 heavy (non-hydrogen) atoms. The Morgan fingerprint density at radius 2 is 2.14 bits per heavy atom. The van der Waals surface area contributed by atoms with Crippen LogP contribution in [-0.4, -0.2) is 28.0 Å². The summed E-state index contributed by atoms with van der Waals surface area (Å²) in [6.07, 6.45) is 5.60. The van der Waals surface area contributed by atoms with Crippen molar-refractivity contribution in [2.75, 3.05) is 11.9 Å². The topological polar surface area (TPSA) is 79.0 Å². The number of nitrogens with zero attached hydrogens (tertiary/aromatic N) is 1. The number of hydrogen-bond donors (Lipinski definition) is 3. The fraction of sp³-hybridized carbons (Fsp3) is 0.643. The minimum absolute atomic E-state index is 0.206. The van der Waals surface area contributed by atoms with Crippen LogP contribution >= 0.6 is 12.2 Å². The van der Waals surface area contributed by atoms with E-state index in [0.717, 1.165) is 5.69 Å². The first-order valence-corrected chi connectivity index (χ1v) is 7.82. The van der Waals surface area contributed by atoms with E-state index in [1.807, 2.05) is 6.92 Å². The van der Waals surface area contributed by atoms with E-state index in [-0.39, 0.29) is 5.11 Å². The maximum absolute atomic E-state index is 11.3. The monoisotopic (exact) mass is 310 g/mol. The van der Waals surface area contributed by atoms with Gasteiger partial charge in [-0.25, -0.2) is 4.79 Å². The Balaban J connectivity index is 2.03. The molecule has 1 aliphatic carbocycles. The van der Waals surface area contributed by atoms with Gasteiger partial charge in [0.2, 0.25) is 0 Å². The maximum Gasteiger partial charge on any atom is 0.413 e. The van der Waals surface area contributed by atoms with Crippen LogP contribution in [0.5, 0.6) is 0 Å². The number of carbonyl (C=O) groups is 1. The van der Waals surface area contributed by atoms with Crippen LogP contribution in [0.2, 0.25) is 0 Å². The second-order valence-electron chi connectivity index (χ2n) is 5.25. The average Bonchev–Trinajstić information content (AvgIpc) is 2.80. The number of H-pyrrole nitrogens is 1. The van der Waals surface area contributed by atoms with Gasteiger partial charge < -0.3 is 10.1 Å². The third-order valence-electron chi connectivity index (χ3n) is 3.73. The van der Waals surface area contributed by atoms with Gasteiger partial charge in [0, 0.05) is 11.3 Å². The van der Waals surface area contributed by atoms with E-state index in [0.29, 0.717) is 18.3 Å². The molecule has 0 aliphatic heterocycles. The van der Waals surface area contributed by atoms with Crippen molar-refractivity contribution in [3.05, 3.63) is 11.3 Å². The van der Waals surface area contributed by atoms with Crippen molar-refractivity contribution >= 4 is 29.2 Å². The first-order valence-electron chi connectivity index (χ1n) is 7.41. The van der Waals surface area contributed by atoms with Crippen LogP contribution in [0.3, 0.4) is 0 Å². The minimum atomic E-state index is -0.554. The van der Waals surface area contributed by atoms with Crippen LogP contribution < -0.4 is 10.6 Å². The Hall–Kier alpha value is -1.63. The highest BCUT2D eigenvalue weighted by molar-refractivity contribution is 7.80. The standard InChI is InChI=1S/C14H22N4O2S/c1-3-20-14(19)16-13(21)15-12-11(9(2)17-18-12)10-7-5-4-6-8-10/h10H,3-8H2,1-2H3,(H3,15,16,17,18,19,21). The van der Waals surface area contributed by atoms with Gasteiger partial charge in [0.15, 0.2) is 10.9 Å². The minimum Gasteiger partial charge on any atom is -0.450 e. The first kappa shape index (κ1) is 15.8. The average molecular weight is 310 g/mol. The summed E-state index contributed by atoms with van der Waals surface area (Å²) in [4.78, 5) is 11.3. The summed E-state index contributed by atoms with van der Waals surface area (Å²) in [6.45, 7) is 4.07. The summed E-state index contributed by atoms with van der Waals surface area (Å²) in [5, 5.41) is 12.9. The van der Waals surface area contributed by atoms with E-state index in [9.17, 15) is 4.79 Å². The zero-order chi connectivity index (χ0) is 15.2. The van der Waals surface area contributed by atoms with Gasteiger partial charge >= 0.3 is 6.09 Å². The number of aryl methyl sites for hydroxylation is 1. The Bertz CT molecular complexity index is 509. The van der Waals surface area contributed by atoms with Crippen LogP contribution in [0.1, 0.15) is 56.2 Å². The van der Waals surface area contributed by atoms with Crippen molar-refractivity contribution in [2.24, 2.45) is 0 Å². The number of hydrogen-bond acceptors (Lipinski definition) is 4. The van der Waals surface area contributed by atoms with Gasteiger partial charge in [-0.2, -0.15) is 5.10 Å². The summed E-state index contributed by atoms with van der Waals surface area (Å²) in [5.74, 6) is 1.21. The number of carbonyl (C=O) groups excluding carboxylic acids is 1. The molecule has 0 saturated heterocycles. The van der Waals surface area contributed by atoms with E-state index in [1.165, 1.54) is 37.7 Å². The molecule has 0 atom stereocenters. The van der Waals surface area contributed by atoms with E-state index in [1.54, 1.807) is 6.92 Å². The highest BCUT2D eigenvalue weighted by Gasteiger charge is 2.23. The molecule has 3 N–H and O–H groups in total. The van der Waals surface area contributed by atoms with Gasteiger partial charge in [-0.1, -0.05) is 19.3 Å². The van der Waals surface area contributed by atoms with Crippen molar-refractivity contribution in [2.45, 2.75) is 51.9 Å². The molecule has 0 spiro atoms. The molecule has 0 bridgehead atoms. The molecule has 0 radical (unpaired) electrons. The molecular weight excluding hydrogens is 288 g/mol. The molecule has 0 unspecified atom stereocenters. The lowest BCUT2D eigenvalue weighted by atomic mass is 9.84. The second-order valence-corrected chi connectivity index (χ2v) is 5.65. The number of alkyl carbamates (subject to hydrolysis) is 1. The molecule has 1 fully saturated rings. The Morgan fingerprint density at radius 3 is 2.81 bits per heavy atom. The smallest absolute Gasteiger partial charge is 0.413 e. The van der Waals surface area contributed by atoms with Crippen LogP contribution in [0.25, 0.3) is 0 Å². The second kappa shape index (κ2) is 7.40. The molecule has 6 nitrogen and oxygen atoms in total. The first-order chi connectivity index (χ1) is 10.1. The van der Waals surface area contributed by atoms with Gasteiger partial charge in [0.1, 0.15) is 0 Å². The largest absolute Gasteiger partial charge is 0.450 e. The third-order valence-corrected chi connectivity index (χ3v) is 3.94. The molecule has 116 valence electrons. The number of aromatic amines is 1. The lowest BCUT2D eigenvalue weighted by Crippen LogP contribution is -2.35. The Kier molecular flexibility index (Phi) is 5.55. The lowest BCUT2D eigenvalue weighted by molar-refractivity contribution is 0.158. The highest BCUT2D eigenvalue weighted by Crippen LogP contribution is 2.37. The molecule has 7 heteroatoms. The Labute approximate surface area is 130 Å². The van der Waals surface area contributed by atoms with Gasteiger partial charge in [-0.3, -0.25) is 10.4 Å². The summed E-state index contributed by atoms with van der Waals surface area (Å²) < 4.78 is 4.80. The maximum atomic E-state index is 11.3. The lowest BCUT2D eigenvalue weighted by Gasteiger charge is -2.22. The number of aromatic nitrogens is 2. The fourth-order valence-corrected chi connectivity index (χ4v) is 3.00. The number of amides is 1. The van der Waals surface area contributed by atoms with Crippen LogP contribution in [0, 0.1) is 6.92 Å². The van der Waals surface area contributed by atoms with Gasteiger partial charge in [-0.05, 0) is 44.8 Å². The summed E-state index contributed by atoms with van der Waals surface area (Å²) in [6, 6.07) is 0. The van der Waals surface area contributed by atoms with Gasteiger partial charge in [-0.15, -0.1) is 0 Å². The Morgan fingerprint density at radius 1 is 1.43 bits per heavy atom. The van der Waals surface area contributed by atoms with E-state index in [2.05, 4.69) is 20.8 Å². The molecule has 1 aliphatic rings.